The maximum absolute atomic E-state index is 9.34. The molecule has 0 aliphatic rings. The second-order valence-electron chi connectivity index (χ2n) is 3.35. The highest BCUT2D eigenvalue weighted by Crippen LogP contribution is 2.22. The maximum Gasteiger partial charge on any atom is 0.124 e. The topological polar surface area (TPSA) is 29.5 Å². The van der Waals surface area contributed by atoms with E-state index in [-0.39, 0.29) is 11.9 Å². The molecule has 2 nitrogen and oxygen atoms in total. The van der Waals surface area contributed by atoms with Crippen LogP contribution in [-0.2, 0) is 0 Å². The Labute approximate surface area is 84.8 Å². The van der Waals surface area contributed by atoms with Crippen molar-refractivity contribution in [3.63, 3.8) is 0 Å². The van der Waals surface area contributed by atoms with Gasteiger partial charge in [0, 0.05) is 6.07 Å². The molecule has 1 rings (SSSR count). The normalized spacial score (nSPS) is 13.1. The molecule has 0 spiro atoms. The second kappa shape index (κ2) is 4.70. The third kappa shape index (κ3) is 3.13. The van der Waals surface area contributed by atoms with E-state index in [4.69, 9.17) is 4.74 Å². The van der Waals surface area contributed by atoms with Gasteiger partial charge in [0.2, 0.25) is 0 Å². The summed E-state index contributed by atoms with van der Waals surface area (Å²) >= 11 is 0. The monoisotopic (exact) mass is 192 g/mol. The Bertz CT molecular complexity index is 309. The fraction of sp³-hybridized carbons (Fsp3) is 0.333. The Hall–Kier alpha value is -1.44. The summed E-state index contributed by atoms with van der Waals surface area (Å²) in [6, 6.07) is 5.22. The highest BCUT2D eigenvalue weighted by Gasteiger charge is 2.01. The van der Waals surface area contributed by atoms with Crippen molar-refractivity contribution in [2.75, 3.05) is 0 Å². The Kier molecular flexibility index (Phi) is 3.57. The molecule has 0 heterocycles. The molecule has 0 amide bonds. The Morgan fingerprint density at radius 1 is 1.36 bits per heavy atom. The number of ether oxygens (including phenoxy) is 1. The quantitative estimate of drug-likeness (QED) is 0.746. The van der Waals surface area contributed by atoms with Crippen molar-refractivity contribution in [3.05, 3.63) is 35.9 Å². The molecule has 1 unspecified atom stereocenters. The van der Waals surface area contributed by atoms with Gasteiger partial charge in [-0.3, -0.25) is 0 Å². The minimum absolute atomic E-state index is 0.0289. The molecular formula is C12H16O2. The molecule has 0 saturated carbocycles. The lowest BCUT2D eigenvalue weighted by Gasteiger charge is -2.11. The van der Waals surface area contributed by atoms with Gasteiger partial charge in [-0.2, -0.15) is 0 Å². The summed E-state index contributed by atoms with van der Waals surface area (Å²) in [6.07, 6.45) is 3.93. The van der Waals surface area contributed by atoms with Gasteiger partial charge in [-0.05, 0) is 44.5 Å². The Balaban J connectivity index is 2.76. The van der Waals surface area contributed by atoms with Gasteiger partial charge in [0.1, 0.15) is 17.6 Å². The predicted molar refractivity (Wildman–Crippen MR) is 57.7 cm³/mol. The number of hydrogen-bond donors (Lipinski definition) is 1. The molecule has 1 aromatic carbocycles. The van der Waals surface area contributed by atoms with Crippen molar-refractivity contribution in [2.45, 2.75) is 26.9 Å². The number of benzene rings is 1. The molecule has 76 valence electrons. The molecule has 0 bridgehead atoms. The van der Waals surface area contributed by atoms with Crippen molar-refractivity contribution in [3.8, 4) is 11.5 Å². The van der Waals surface area contributed by atoms with Crippen molar-refractivity contribution < 1.29 is 9.84 Å². The molecular weight excluding hydrogens is 176 g/mol. The summed E-state index contributed by atoms with van der Waals surface area (Å²) in [5.41, 5.74) is 0.993. The zero-order valence-electron chi connectivity index (χ0n) is 8.82. The van der Waals surface area contributed by atoms with E-state index >= 15 is 0 Å². The van der Waals surface area contributed by atoms with Crippen molar-refractivity contribution >= 4 is 0 Å². The van der Waals surface area contributed by atoms with E-state index in [9.17, 15) is 5.11 Å². The zero-order valence-corrected chi connectivity index (χ0v) is 8.82. The first-order valence-corrected chi connectivity index (χ1v) is 4.72. The van der Waals surface area contributed by atoms with Gasteiger partial charge in [0.15, 0.2) is 0 Å². The van der Waals surface area contributed by atoms with Crippen LogP contribution in [0.5, 0.6) is 11.5 Å². The van der Waals surface area contributed by atoms with E-state index in [0.717, 1.165) is 5.56 Å². The van der Waals surface area contributed by atoms with E-state index < -0.39 is 0 Å². The minimum atomic E-state index is 0.0289. The van der Waals surface area contributed by atoms with Gasteiger partial charge in [-0.25, -0.2) is 0 Å². The van der Waals surface area contributed by atoms with E-state index in [1.54, 1.807) is 12.1 Å². The lowest BCUT2D eigenvalue weighted by Crippen LogP contribution is -2.07. The third-order valence-corrected chi connectivity index (χ3v) is 1.82. The summed E-state index contributed by atoms with van der Waals surface area (Å²) < 4.78 is 5.57. The van der Waals surface area contributed by atoms with Crippen LogP contribution < -0.4 is 4.74 Å². The second-order valence-corrected chi connectivity index (χ2v) is 3.35. The van der Waals surface area contributed by atoms with Crippen LogP contribution in [-0.4, -0.2) is 11.2 Å². The number of rotatable bonds is 3. The van der Waals surface area contributed by atoms with E-state index in [2.05, 4.69) is 0 Å². The summed E-state index contributed by atoms with van der Waals surface area (Å²) in [5, 5.41) is 9.34. The molecule has 1 N–H and O–H groups in total. The van der Waals surface area contributed by atoms with Crippen LogP contribution in [0.4, 0.5) is 0 Å². The van der Waals surface area contributed by atoms with Crippen LogP contribution in [0, 0.1) is 6.92 Å². The molecule has 0 fully saturated rings. The summed E-state index contributed by atoms with van der Waals surface area (Å²) in [7, 11) is 0. The fourth-order valence-electron chi connectivity index (χ4n) is 1.32. The van der Waals surface area contributed by atoms with Gasteiger partial charge in [0.25, 0.3) is 0 Å². The first-order valence-electron chi connectivity index (χ1n) is 4.72. The highest BCUT2D eigenvalue weighted by atomic mass is 16.5. The summed E-state index contributed by atoms with van der Waals surface area (Å²) in [6.45, 7) is 5.83. The highest BCUT2D eigenvalue weighted by molar-refractivity contribution is 5.37. The molecule has 2 heteroatoms. The van der Waals surface area contributed by atoms with Crippen molar-refractivity contribution in [2.24, 2.45) is 0 Å². The first kappa shape index (κ1) is 10.6. The average molecular weight is 192 g/mol. The Morgan fingerprint density at radius 2 is 2.07 bits per heavy atom. The maximum atomic E-state index is 9.34. The van der Waals surface area contributed by atoms with Crippen LogP contribution in [0.2, 0.25) is 0 Å². The van der Waals surface area contributed by atoms with Gasteiger partial charge < -0.3 is 9.84 Å². The van der Waals surface area contributed by atoms with Crippen LogP contribution in [0.15, 0.2) is 30.4 Å². The number of allylic oxidation sites excluding steroid dienone is 1. The zero-order chi connectivity index (χ0) is 10.6. The van der Waals surface area contributed by atoms with Crippen LogP contribution in [0.3, 0.4) is 0 Å². The third-order valence-electron chi connectivity index (χ3n) is 1.82. The number of aryl methyl sites for hydroxylation is 1. The Morgan fingerprint density at radius 3 is 2.64 bits per heavy atom. The molecule has 1 atom stereocenters. The van der Waals surface area contributed by atoms with E-state index in [1.807, 2.05) is 39.0 Å². The summed E-state index contributed by atoms with van der Waals surface area (Å²) in [5.74, 6) is 0.945. The molecule has 0 aliphatic heterocycles. The van der Waals surface area contributed by atoms with Crippen molar-refractivity contribution in [1.82, 2.24) is 0 Å². The molecule has 0 aromatic heterocycles. The van der Waals surface area contributed by atoms with Crippen LogP contribution in [0.25, 0.3) is 0 Å². The van der Waals surface area contributed by atoms with Gasteiger partial charge >= 0.3 is 0 Å². The van der Waals surface area contributed by atoms with E-state index in [1.165, 1.54) is 0 Å². The SMILES string of the molecule is C/C=C/C(C)Oc1cc(C)cc(O)c1. The van der Waals surface area contributed by atoms with Gasteiger partial charge in [-0.15, -0.1) is 0 Å². The van der Waals surface area contributed by atoms with E-state index in [0.29, 0.717) is 5.75 Å². The minimum Gasteiger partial charge on any atom is -0.508 e. The predicted octanol–water partition coefficient (Wildman–Crippen LogP) is 3.04. The van der Waals surface area contributed by atoms with Gasteiger partial charge in [-0.1, -0.05) is 6.08 Å². The number of phenolic OH excluding ortho intramolecular Hbond substituents is 1. The van der Waals surface area contributed by atoms with Gasteiger partial charge in [0.05, 0.1) is 0 Å². The van der Waals surface area contributed by atoms with Crippen LogP contribution in [0.1, 0.15) is 19.4 Å². The molecule has 1 aromatic rings. The molecule has 0 radical (unpaired) electrons. The largest absolute Gasteiger partial charge is 0.508 e. The molecule has 0 aliphatic carbocycles. The van der Waals surface area contributed by atoms with Crippen molar-refractivity contribution in [1.29, 1.82) is 0 Å². The average Bonchev–Trinajstić information content (AvgIpc) is 2.01. The molecule has 0 saturated heterocycles. The molecule has 14 heavy (non-hydrogen) atoms. The first-order chi connectivity index (χ1) is 6.61. The summed E-state index contributed by atoms with van der Waals surface area (Å²) in [4.78, 5) is 0. The number of phenols is 1. The number of hydrogen-bond acceptors (Lipinski definition) is 2. The van der Waals surface area contributed by atoms with Crippen LogP contribution >= 0.6 is 0 Å². The smallest absolute Gasteiger partial charge is 0.124 e. The fourth-order valence-corrected chi connectivity index (χ4v) is 1.32. The lowest BCUT2D eigenvalue weighted by molar-refractivity contribution is 0.268. The lowest BCUT2D eigenvalue weighted by atomic mass is 10.2. The standard InChI is InChI=1S/C12H16O2/c1-4-5-10(3)14-12-7-9(2)6-11(13)8-12/h4-8,10,13H,1-3H3/b5-4+. The number of aromatic hydroxyl groups is 1.